The Morgan fingerprint density at radius 3 is 2.87 bits per heavy atom. The van der Waals surface area contributed by atoms with Crippen molar-refractivity contribution in [2.24, 2.45) is 5.92 Å². The third-order valence-corrected chi connectivity index (χ3v) is 4.29. The molecule has 5 nitrogen and oxygen atoms in total. The average Bonchev–Trinajstić information content (AvgIpc) is 3.09. The molecule has 2 aromatic rings. The van der Waals surface area contributed by atoms with Crippen LogP contribution in [0, 0.1) is 5.92 Å². The van der Waals surface area contributed by atoms with Gasteiger partial charge in [-0.15, -0.1) is 0 Å². The van der Waals surface area contributed by atoms with Crippen molar-refractivity contribution < 1.29 is 4.74 Å². The molecule has 0 aliphatic carbocycles. The van der Waals surface area contributed by atoms with E-state index in [1.807, 2.05) is 32.2 Å². The minimum absolute atomic E-state index is 0.597. The summed E-state index contributed by atoms with van der Waals surface area (Å²) in [7, 11) is 2.03. The lowest BCUT2D eigenvalue weighted by atomic mass is 10.1. The maximum Gasteiger partial charge on any atom is 0.138 e. The molecule has 3 rings (SSSR count). The van der Waals surface area contributed by atoms with E-state index < -0.39 is 0 Å². The van der Waals surface area contributed by atoms with Crippen LogP contribution in [0.15, 0.2) is 42.7 Å². The number of benzene rings is 1. The van der Waals surface area contributed by atoms with Gasteiger partial charge in [0.05, 0.1) is 6.61 Å². The van der Waals surface area contributed by atoms with Gasteiger partial charge in [-0.05, 0) is 25.5 Å². The van der Waals surface area contributed by atoms with E-state index in [1.54, 1.807) is 6.33 Å². The number of anilines is 3. The minimum Gasteiger partial charge on any atom is -0.381 e. The molecule has 1 aromatic heterocycles. The Balaban J connectivity index is 1.71. The van der Waals surface area contributed by atoms with Crippen molar-refractivity contribution in [3.8, 4) is 0 Å². The maximum atomic E-state index is 5.55. The molecule has 1 aromatic carbocycles. The Labute approximate surface area is 137 Å². The van der Waals surface area contributed by atoms with Crippen LogP contribution in [0.3, 0.4) is 0 Å². The van der Waals surface area contributed by atoms with Crippen LogP contribution in [0.5, 0.6) is 0 Å². The van der Waals surface area contributed by atoms with Gasteiger partial charge in [0.15, 0.2) is 0 Å². The molecule has 1 unspecified atom stereocenters. The normalized spacial score (nSPS) is 17.5. The molecule has 0 radical (unpaired) electrons. The smallest absolute Gasteiger partial charge is 0.138 e. The maximum absolute atomic E-state index is 5.55. The van der Waals surface area contributed by atoms with E-state index in [-0.39, 0.29) is 0 Å². The molecule has 1 aliphatic rings. The second-order valence-electron chi connectivity index (χ2n) is 5.89. The van der Waals surface area contributed by atoms with Gasteiger partial charge in [0, 0.05) is 44.4 Å². The van der Waals surface area contributed by atoms with Crippen LogP contribution in [0.25, 0.3) is 0 Å². The highest BCUT2D eigenvalue weighted by molar-refractivity contribution is 5.61. The van der Waals surface area contributed by atoms with Crippen LogP contribution in [0.1, 0.15) is 13.3 Å². The second kappa shape index (κ2) is 7.42. The van der Waals surface area contributed by atoms with Crippen molar-refractivity contribution in [1.29, 1.82) is 0 Å². The van der Waals surface area contributed by atoms with E-state index in [2.05, 4.69) is 38.0 Å². The zero-order valence-corrected chi connectivity index (χ0v) is 13.9. The van der Waals surface area contributed by atoms with Crippen LogP contribution >= 0.6 is 0 Å². The standard InChI is InChI=1S/C18H24N4O/c1-3-23-13-15-9-10-22(12-15)18-11-17(19-14-20-18)21(2)16-7-5-4-6-8-16/h4-8,11,14-15H,3,9-10,12-13H2,1-2H3. The van der Waals surface area contributed by atoms with Crippen molar-refractivity contribution in [1.82, 2.24) is 9.97 Å². The lowest BCUT2D eigenvalue weighted by Gasteiger charge is -2.21. The first-order valence-corrected chi connectivity index (χ1v) is 8.21. The van der Waals surface area contributed by atoms with Crippen LogP contribution in [-0.2, 0) is 4.74 Å². The fourth-order valence-electron chi connectivity index (χ4n) is 2.94. The van der Waals surface area contributed by atoms with Gasteiger partial charge in [-0.2, -0.15) is 0 Å². The van der Waals surface area contributed by atoms with Gasteiger partial charge in [-0.1, -0.05) is 18.2 Å². The van der Waals surface area contributed by atoms with E-state index in [9.17, 15) is 0 Å². The van der Waals surface area contributed by atoms with Gasteiger partial charge < -0.3 is 14.5 Å². The molecule has 5 heteroatoms. The third kappa shape index (κ3) is 3.79. The monoisotopic (exact) mass is 312 g/mol. The average molecular weight is 312 g/mol. The second-order valence-corrected chi connectivity index (χ2v) is 5.89. The van der Waals surface area contributed by atoms with Crippen molar-refractivity contribution in [2.45, 2.75) is 13.3 Å². The first kappa shape index (κ1) is 15.7. The summed E-state index contributed by atoms with van der Waals surface area (Å²) < 4.78 is 5.55. The summed E-state index contributed by atoms with van der Waals surface area (Å²) >= 11 is 0. The molecular weight excluding hydrogens is 288 g/mol. The summed E-state index contributed by atoms with van der Waals surface area (Å²) in [5.74, 6) is 2.51. The summed E-state index contributed by atoms with van der Waals surface area (Å²) in [4.78, 5) is 13.3. The van der Waals surface area contributed by atoms with Crippen LogP contribution in [0.2, 0.25) is 0 Å². The Kier molecular flexibility index (Phi) is 5.08. The lowest BCUT2D eigenvalue weighted by Crippen LogP contribution is -2.23. The van der Waals surface area contributed by atoms with E-state index in [4.69, 9.17) is 4.74 Å². The summed E-state index contributed by atoms with van der Waals surface area (Å²) in [5, 5.41) is 0. The van der Waals surface area contributed by atoms with E-state index in [0.29, 0.717) is 5.92 Å². The Morgan fingerprint density at radius 2 is 2.09 bits per heavy atom. The molecular formula is C18H24N4O. The number of ether oxygens (including phenoxy) is 1. The van der Waals surface area contributed by atoms with Crippen molar-refractivity contribution in [2.75, 3.05) is 43.2 Å². The molecule has 23 heavy (non-hydrogen) atoms. The topological polar surface area (TPSA) is 41.5 Å². The van der Waals surface area contributed by atoms with Crippen LogP contribution in [0.4, 0.5) is 17.3 Å². The van der Waals surface area contributed by atoms with Crippen molar-refractivity contribution in [3.63, 3.8) is 0 Å². The first-order valence-electron chi connectivity index (χ1n) is 8.21. The van der Waals surface area contributed by atoms with Crippen molar-refractivity contribution in [3.05, 3.63) is 42.7 Å². The first-order chi connectivity index (χ1) is 11.3. The summed E-state index contributed by atoms with van der Waals surface area (Å²) in [6, 6.07) is 12.3. The molecule has 0 bridgehead atoms. The summed E-state index contributed by atoms with van der Waals surface area (Å²) in [6.07, 6.45) is 2.81. The molecule has 2 heterocycles. The predicted octanol–water partition coefficient (Wildman–Crippen LogP) is 3.11. The van der Waals surface area contributed by atoms with Gasteiger partial charge >= 0.3 is 0 Å². The van der Waals surface area contributed by atoms with Gasteiger partial charge in [-0.3, -0.25) is 0 Å². The molecule has 122 valence electrons. The van der Waals surface area contributed by atoms with Crippen LogP contribution < -0.4 is 9.80 Å². The Hall–Kier alpha value is -2.14. The van der Waals surface area contributed by atoms with E-state index in [0.717, 1.165) is 50.0 Å². The molecule has 1 atom stereocenters. The zero-order chi connectivity index (χ0) is 16.1. The summed E-state index contributed by atoms with van der Waals surface area (Å²) in [6.45, 7) is 5.71. The van der Waals surface area contributed by atoms with Gasteiger partial charge in [-0.25, -0.2) is 9.97 Å². The van der Waals surface area contributed by atoms with E-state index >= 15 is 0 Å². The molecule has 0 N–H and O–H groups in total. The number of hydrogen-bond donors (Lipinski definition) is 0. The number of hydrogen-bond acceptors (Lipinski definition) is 5. The highest BCUT2D eigenvalue weighted by Gasteiger charge is 2.24. The highest BCUT2D eigenvalue weighted by atomic mass is 16.5. The van der Waals surface area contributed by atoms with Gasteiger partial charge in [0.1, 0.15) is 18.0 Å². The number of nitrogens with zero attached hydrogens (tertiary/aromatic N) is 4. The number of para-hydroxylation sites is 1. The van der Waals surface area contributed by atoms with Crippen LogP contribution in [-0.4, -0.2) is 43.3 Å². The molecule has 0 amide bonds. The molecule has 0 saturated carbocycles. The van der Waals surface area contributed by atoms with Gasteiger partial charge in [0.25, 0.3) is 0 Å². The quantitative estimate of drug-likeness (QED) is 0.820. The number of rotatable bonds is 6. The minimum atomic E-state index is 0.597. The Morgan fingerprint density at radius 1 is 1.26 bits per heavy atom. The van der Waals surface area contributed by atoms with E-state index in [1.165, 1.54) is 0 Å². The predicted molar refractivity (Wildman–Crippen MR) is 93.4 cm³/mol. The Bertz CT molecular complexity index is 619. The molecule has 1 saturated heterocycles. The number of aromatic nitrogens is 2. The van der Waals surface area contributed by atoms with Gasteiger partial charge in [0.2, 0.25) is 0 Å². The SMILES string of the molecule is CCOCC1CCN(c2cc(N(C)c3ccccc3)ncn2)C1. The fraction of sp³-hybridized carbons (Fsp3) is 0.444. The third-order valence-electron chi connectivity index (χ3n) is 4.29. The molecule has 1 aliphatic heterocycles. The van der Waals surface area contributed by atoms with Crippen molar-refractivity contribution >= 4 is 17.3 Å². The summed E-state index contributed by atoms with van der Waals surface area (Å²) in [5.41, 5.74) is 1.12. The fourth-order valence-corrected chi connectivity index (χ4v) is 2.94. The molecule has 0 spiro atoms. The largest absolute Gasteiger partial charge is 0.381 e. The highest BCUT2D eigenvalue weighted by Crippen LogP contribution is 2.27. The molecule has 1 fully saturated rings. The zero-order valence-electron chi connectivity index (χ0n) is 13.9. The lowest BCUT2D eigenvalue weighted by molar-refractivity contribution is 0.117.